The second-order valence-electron chi connectivity index (χ2n) is 5.78. The Balaban J connectivity index is 2.29. The molecule has 0 spiro atoms. The number of nitrogens with one attached hydrogen (secondary N) is 1. The highest BCUT2D eigenvalue weighted by Gasteiger charge is 2.09. The molecule has 0 aromatic carbocycles. The van der Waals surface area contributed by atoms with E-state index in [-0.39, 0.29) is 0 Å². The van der Waals surface area contributed by atoms with Gasteiger partial charge in [-0.1, -0.05) is 19.1 Å². The lowest BCUT2D eigenvalue weighted by atomic mass is 10.2. The number of nitrogens with zero attached hydrogens (tertiary/aromatic N) is 4. The molecule has 0 aliphatic rings. The average Bonchev–Trinajstić information content (AvgIpc) is 2.83. The van der Waals surface area contributed by atoms with E-state index >= 15 is 0 Å². The highest BCUT2D eigenvalue weighted by atomic mass is 16.5. The normalized spacial score (nSPS) is 13.3. The number of methoxy groups -OCH3 is 1. The molecule has 20 heavy (non-hydrogen) atoms. The summed E-state index contributed by atoms with van der Waals surface area (Å²) in [6.45, 7) is 10.9. The number of aromatic nitrogens is 3. The van der Waals surface area contributed by atoms with E-state index < -0.39 is 0 Å². The first kappa shape index (κ1) is 17.1. The number of hydrogen-bond acceptors (Lipinski definition) is 5. The molecule has 1 heterocycles. The van der Waals surface area contributed by atoms with Crippen molar-refractivity contribution in [2.24, 2.45) is 5.92 Å². The molecule has 6 nitrogen and oxygen atoms in total. The van der Waals surface area contributed by atoms with Crippen LogP contribution < -0.4 is 5.32 Å². The Hall–Kier alpha value is -0.980. The molecule has 1 N–H and O–H groups in total. The summed E-state index contributed by atoms with van der Waals surface area (Å²) in [4.78, 5) is 2.27. The predicted octanol–water partition coefficient (Wildman–Crippen LogP) is 0.990. The molecule has 0 aliphatic carbocycles. The lowest BCUT2D eigenvalue weighted by Crippen LogP contribution is -2.35. The molecule has 1 unspecified atom stereocenters. The summed E-state index contributed by atoms with van der Waals surface area (Å²) in [5.41, 5.74) is 0.998. The largest absolute Gasteiger partial charge is 0.383 e. The van der Waals surface area contributed by atoms with Crippen LogP contribution in [0, 0.1) is 5.92 Å². The Kier molecular flexibility index (Phi) is 7.72. The fourth-order valence-corrected chi connectivity index (χ4v) is 1.87. The highest BCUT2D eigenvalue weighted by Crippen LogP contribution is 1.98. The van der Waals surface area contributed by atoms with Crippen molar-refractivity contribution < 1.29 is 4.74 Å². The van der Waals surface area contributed by atoms with Crippen LogP contribution in [0.5, 0.6) is 0 Å². The van der Waals surface area contributed by atoms with Crippen LogP contribution >= 0.6 is 0 Å². The third-order valence-corrected chi connectivity index (χ3v) is 3.29. The minimum Gasteiger partial charge on any atom is -0.383 e. The fourth-order valence-electron chi connectivity index (χ4n) is 1.87. The maximum atomic E-state index is 5.16. The van der Waals surface area contributed by atoms with Crippen molar-refractivity contribution in [3.05, 3.63) is 11.9 Å². The summed E-state index contributed by atoms with van der Waals surface area (Å²) in [7, 11) is 3.84. The topological polar surface area (TPSA) is 55.2 Å². The molecule has 0 saturated heterocycles. The Bertz CT molecular complexity index is 366. The summed E-state index contributed by atoms with van der Waals surface area (Å²) in [5.74, 6) is 0.654. The van der Waals surface area contributed by atoms with Gasteiger partial charge in [0, 0.05) is 32.4 Å². The van der Waals surface area contributed by atoms with E-state index in [1.165, 1.54) is 0 Å². The number of rotatable bonds is 10. The molecule has 1 atom stereocenters. The van der Waals surface area contributed by atoms with E-state index in [0.717, 1.165) is 38.5 Å². The van der Waals surface area contributed by atoms with Gasteiger partial charge < -0.3 is 10.1 Å². The molecule has 1 aromatic heterocycles. The van der Waals surface area contributed by atoms with E-state index in [1.54, 1.807) is 7.11 Å². The maximum Gasteiger partial charge on any atom is 0.0964 e. The van der Waals surface area contributed by atoms with Crippen LogP contribution in [0.15, 0.2) is 6.20 Å². The van der Waals surface area contributed by atoms with E-state index in [0.29, 0.717) is 12.0 Å². The van der Waals surface area contributed by atoms with Gasteiger partial charge in [0.15, 0.2) is 0 Å². The first-order chi connectivity index (χ1) is 9.52. The van der Waals surface area contributed by atoms with Crippen LogP contribution in [0.1, 0.15) is 26.5 Å². The van der Waals surface area contributed by atoms with E-state index in [2.05, 4.69) is 48.3 Å². The third kappa shape index (κ3) is 6.45. The van der Waals surface area contributed by atoms with Gasteiger partial charge in [0.2, 0.25) is 0 Å². The number of ether oxygens (including phenoxy) is 1. The zero-order valence-electron chi connectivity index (χ0n) is 13.5. The lowest BCUT2D eigenvalue weighted by molar-refractivity contribution is 0.113. The van der Waals surface area contributed by atoms with Gasteiger partial charge in [-0.3, -0.25) is 9.58 Å². The quantitative estimate of drug-likeness (QED) is 0.694. The molecular weight excluding hydrogens is 254 g/mol. The molecular formula is C14H29N5O. The Morgan fingerprint density at radius 1 is 1.40 bits per heavy atom. The van der Waals surface area contributed by atoms with Crippen molar-refractivity contribution in [1.82, 2.24) is 25.2 Å². The summed E-state index contributed by atoms with van der Waals surface area (Å²) >= 11 is 0. The Morgan fingerprint density at radius 2 is 2.15 bits per heavy atom. The second-order valence-corrected chi connectivity index (χ2v) is 5.78. The zero-order chi connectivity index (χ0) is 15.0. The molecule has 0 aliphatic heterocycles. The molecule has 1 aromatic rings. The summed E-state index contributed by atoms with van der Waals surface area (Å²) in [5, 5.41) is 11.7. The van der Waals surface area contributed by atoms with E-state index in [9.17, 15) is 0 Å². The van der Waals surface area contributed by atoms with E-state index in [1.807, 2.05) is 10.9 Å². The second kappa shape index (κ2) is 9.05. The molecule has 0 radical (unpaired) electrons. The first-order valence-corrected chi connectivity index (χ1v) is 7.31. The van der Waals surface area contributed by atoms with Crippen molar-refractivity contribution in [2.45, 2.75) is 39.9 Å². The van der Waals surface area contributed by atoms with Crippen molar-refractivity contribution in [2.75, 3.05) is 33.9 Å². The van der Waals surface area contributed by atoms with Crippen LogP contribution in [0.25, 0.3) is 0 Å². The molecule has 1 rings (SSSR count). The summed E-state index contributed by atoms with van der Waals surface area (Å²) in [6, 6.07) is 0.413. The molecule has 116 valence electrons. The van der Waals surface area contributed by atoms with Crippen molar-refractivity contribution in [3.8, 4) is 0 Å². The van der Waals surface area contributed by atoms with Gasteiger partial charge in [-0.15, -0.1) is 5.10 Å². The summed E-state index contributed by atoms with van der Waals surface area (Å²) in [6.07, 6.45) is 2.02. The van der Waals surface area contributed by atoms with E-state index in [4.69, 9.17) is 4.74 Å². The van der Waals surface area contributed by atoms with Gasteiger partial charge >= 0.3 is 0 Å². The Labute approximate surface area is 122 Å². The average molecular weight is 283 g/mol. The van der Waals surface area contributed by atoms with Gasteiger partial charge in [0.25, 0.3) is 0 Å². The zero-order valence-corrected chi connectivity index (χ0v) is 13.5. The molecule has 0 amide bonds. The molecule has 0 fully saturated rings. The SMILES string of the molecule is COCC(C)N(C)CCn1cc(CNCC(C)C)nn1. The monoisotopic (exact) mass is 283 g/mol. The van der Waals surface area contributed by atoms with Crippen LogP contribution in [-0.2, 0) is 17.8 Å². The molecule has 0 bridgehead atoms. The van der Waals surface area contributed by atoms with Gasteiger partial charge in [0.1, 0.15) is 0 Å². The van der Waals surface area contributed by atoms with Crippen molar-refractivity contribution >= 4 is 0 Å². The van der Waals surface area contributed by atoms with Crippen molar-refractivity contribution in [3.63, 3.8) is 0 Å². The standard InChI is InChI=1S/C14H29N5O/c1-12(2)8-15-9-14-10-19(17-16-14)7-6-18(4)13(3)11-20-5/h10,12-13,15H,6-9,11H2,1-5H3. The van der Waals surface area contributed by atoms with Gasteiger partial charge in [-0.2, -0.15) is 0 Å². The van der Waals surface area contributed by atoms with Crippen LogP contribution in [-0.4, -0.2) is 59.8 Å². The smallest absolute Gasteiger partial charge is 0.0964 e. The summed E-state index contributed by atoms with van der Waals surface area (Å²) < 4.78 is 7.06. The lowest BCUT2D eigenvalue weighted by Gasteiger charge is -2.23. The number of hydrogen-bond donors (Lipinski definition) is 1. The van der Waals surface area contributed by atoms with Gasteiger partial charge in [0.05, 0.1) is 18.8 Å². The van der Waals surface area contributed by atoms with Crippen molar-refractivity contribution in [1.29, 1.82) is 0 Å². The molecule has 0 saturated carbocycles. The first-order valence-electron chi connectivity index (χ1n) is 7.31. The third-order valence-electron chi connectivity index (χ3n) is 3.29. The maximum absolute atomic E-state index is 5.16. The predicted molar refractivity (Wildman–Crippen MR) is 80.5 cm³/mol. The van der Waals surface area contributed by atoms with Gasteiger partial charge in [-0.05, 0) is 26.4 Å². The van der Waals surface area contributed by atoms with Gasteiger partial charge in [-0.25, -0.2) is 0 Å². The van der Waals surface area contributed by atoms with Crippen LogP contribution in [0.4, 0.5) is 0 Å². The Morgan fingerprint density at radius 3 is 2.80 bits per heavy atom. The minimum absolute atomic E-state index is 0.413. The van der Waals surface area contributed by atoms with Crippen LogP contribution in [0.3, 0.4) is 0 Å². The molecule has 6 heteroatoms. The minimum atomic E-state index is 0.413. The van der Waals surface area contributed by atoms with Crippen LogP contribution in [0.2, 0.25) is 0 Å². The fraction of sp³-hybridized carbons (Fsp3) is 0.857. The highest BCUT2D eigenvalue weighted by molar-refractivity contribution is 4.91. The number of likely N-dealkylation sites (N-methyl/N-ethyl adjacent to an activating group) is 1.